The molecule has 0 saturated heterocycles. The molecule has 1 saturated carbocycles. The summed E-state index contributed by atoms with van der Waals surface area (Å²) in [5.74, 6) is 0.807. The minimum atomic E-state index is 0.454. The van der Waals surface area contributed by atoms with E-state index in [4.69, 9.17) is 0 Å². The Balaban J connectivity index is 2.63. The number of hydrogen-bond donors (Lipinski definition) is 1. The van der Waals surface area contributed by atoms with Gasteiger partial charge >= 0.3 is 0 Å². The fraction of sp³-hybridized carbons (Fsp3) is 1.00. The zero-order valence-corrected chi connectivity index (χ0v) is 12.0. The molecule has 0 aromatic rings. The van der Waals surface area contributed by atoms with Crippen LogP contribution in [0.4, 0.5) is 0 Å². The van der Waals surface area contributed by atoms with Gasteiger partial charge in [0.15, 0.2) is 0 Å². The van der Waals surface area contributed by atoms with E-state index in [2.05, 4.69) is 52.0 Å². The summed E-state index contributed by atoms with van der Waals surface area (Å²) in [4.78, 5) is 2.48. The first-order valence-electron chi connectivity index (χ1n) is 6.76. The van der Waals surface area contributed by atoms with Crippen molar-refractivity contribution >= 4 is 0 Å². The fourth-order valence-electron chi connectivity index (χ4n) is 3.18. The van der Waals surface area contributed by atoms with Gasteiger partial charge in [0.25, 0.3) is 0 Å². The van der Waals surface area contributed by atoms with Crippen LogP contribution in [0.25, 0.3) is 0 Å². The second-order valence-electron chi connectivity index (χ2n) is 6.44. The molecule has 1 aliphatic rings. The van der Waals surface area contributed by atoms with E-state index in [0.717, 1.165) is 5.92 Å². The zero-order chi connectivity index (χ0) is 12.3. The number of rotatable bonds is 4. The summed E-state index contributed by atoms with van der Waals surface area (Å²) in [5, 5.41) is 3.56. The molecule has 16 heavy (non-hydrogen) atoms. The van der Waals surface area contributed by atoms with Crippen molar-refractivity contribution in [3.8, 4) is 0 Å². The second kappa shape index (κ2) is 5.50. The Bertz CT molecular complexity index is 211. The third-order valence-corrected chi connectivity index (χ3v) is 4.42. The molecule has 0 radical (unpaired) electrons. The van der Waals surface area contributed by atoms with E-state index in [1.54, 1.807) is 0 Å². The molecule has 1 N–H and O–H groups in total. The molecular formula is C14H30N2. The normalized spacial score (nSPS) is 30.0. The van der Waals surface area contributed by atoms with Crippen molar-refractivity contribution < 1.29 is 0 Å². The van der Waals surface area contributed by atoms with Gasteiger partial charge in [-0.15, -0.1) is 0 Å². The van der Waals surface area contributed by atoms with E-state index in [9.17, 15) is 0 Å². The van der Waals surface area contributed by atoms with Crippen LogP contribution in [0.3, 0.4) is 0 Å². The van der Waals surface area contributed by atoms with Gasteiger partial charge in [-0.2, -0.15) is 0 Å². The van der Waals surface area contributed by atoms with Gasteiger partial charge in [0.05, 0.1) is 0 Å². The predicted octanol–water partition coefficient (Wildman–Crippen LogP) is 2.74. The fourth-order valence-corrected chi connectivity index (χ4v) is 3.18. The highest BCUT2D eigenvalue weighted by atomic mass is 15.1. The summed E-state index contributed by atoms with van der Waals surface area (Å²) in [6, 6.07) is 1.32. The summed E-state index contributed by atoms with van der Waals surface area (Å²) < 4.78 is 0. The molecule has 0 aromatic heterocycles. The second-order valence-corrected chi connectivity index (χ2v) is 6.44. The summed E-state index contributed by atoms with van der Waals surface area (Å²) in [7, 11) is 4.37. The predicted molar refractivity (Wildman–Crippen MR) is 71.7 cm³/mol. The summed E-state index contributed by atoms with van der Waals surface area (Å²) >= 11 is 0. The third kappa shape index (κ3) is 3.21. The first-order chi connectivity index (χ1) is 7.38. The molecule has 2 nitrogen and oxygen atoms in total. The zero-order valence-electron chi connectivity index (χ0n) is 12.0. The summed E-state index contributed by atoms with van der Waals surface area (Å²) in [6.45, 7) is 10.6. The Kier molecular flexibility index (Phi) is 4.81. The molecule has 1 aliphatic carbocycles. The first-order valence-corrected chi connectivity index (χ1v) is 6.76. The van der Waals surface area contributed by atoms with Crippen molar-refractivity contribution in [1.82, 2.24) is 10.2 Å². The highest BCUT2D eigenvalue weighted by Gasteiger charge is 2.38. The van der Waals surface area contributed by atoms with Crippen LogP contribution in [-0.4, -0.2) is 37.6 Å². The Morgan fingerprint density at radius 2 is 2.00 bits per heavy atom. The summed E-state index contributed by atoms with van der Waals surface area (Å²) in [6.07, 6.45) is 4.13. The Labute approximate surface area is 102 Å². The molecule has 0 aromatic carbocycles. The lowest BCUT2D eigenvalue weighted by atomic mass is 9.68. The van der Waals surface area contributed by atoms with Crippen LogP contribution in [0.5, 0.6) is 0 Å². The minimum Gasteiger partial charge on any atom is -0.316 e. The maximum absolute atomic E-state index is 3.56. The highest BCUT2D eigenvalue weighted by molar-refractivity contribution is 4.93. The summed E-state index contributed by atoms with van der Waals surface area (Å²) in [5.41, 5.74) is 0.454. The molecule has 96 valence electrons. The van der Waals surface area contributed by atoms with Crippen LogP contribution in [0, 0.1) is 11.3 Å². The lowest BCUT2D eigenvalue weighted by molar-refractivity contribution is 0.0830. The SMILES string of the molecule is CNC1C(CN(C)C(C)C)CCCC1(C)C. The first kappa shape index (κ1) is 14.0. The van der Waals surface area contributed by atoms with E-state index < -0.39 is 0 Å². The van der Waals surface area contributed by atoms with Gasteiger partial charge in [0, 0.05) is 18.6 Å². The molecule has 1 fully saturated rings. The van der Waals surface area contributed by atoms with E-state index in [1.165, 1.54) is 25.8 Å². The molecule has 0 heterocycles. The van der Waals surface area contributed by atoms with Gasteiger partial charge in [0.2, 0.25) is 0 Å². The monoisotopic (exact) mass is 226 g/mol. The Morgan fingerprint density at radius 3 is 2.50 bits per heavy atom. The lowest BCUT2D eigenvalue weighted by Gasteiger charge is -2.45. The lowest BCUT2D eigenvalue weighted by Crippen LogP contribution is -2.51. The average Bonchev–Trinajstić information content (AvgIpc) is 2.16. The quantitative estimate of drug-likeness (QED) is 0.793. The van der Waals surface area contributed by atoms with Crippen LogP contribution in [0.15, 0.2) is 0 Å². The molecule has 0 amide bonds. The number of nitrogens with zero attached hydrogens (tertiary/aromatic N) is 1. The van der Waals surface area contributed by atoms with Crippen molar-refractivity contribution in [2.45, 2.75) is 59.0 Å². The minimum absolute atomic E-state index is 0.454. The van der Waals surface area contributed by atoms with Gasteiger partial charge < -0.3 is 10.2 Å². The number of nitrogens with one attached hydrogen (secondary N) is 1. The molecule has 0 aliphatic heterocycles. The van der Waals surface area contributed by atoms with Crippen LogP contribution in [0.2, 0.25) is 0 Å². The maximum Gasteiger partial charge on any atom is 0.0156 e. The van der Waals surface area contributed by atoms with E-state index >= 15 is 0 Å². The van der Waals surface area contributed by atoms with Crippen molar-refractivity contribution in [3.63, 3.8) is 0 Å². The van der Waals surface area contributed by atoms with Crippen LogP contribution < -0.4 is 5.32 Å². The molecular weight excluding hydrogens is 196 g/mol. The maximum atomic E-state index is 3.56. The Morgan fingerprint density at radius 1 is 1.38 bits per heavy atom. The molecule has 2 atom stereocenters. The topological polar surface area (TPSA) is 15.3 Å². The van der Waals surface area contributed by atoms with E-state index in [1.807, 2.05) is 0 Å². The molecule has 0 bridgehead atoms. The largest absolute Gasteiger partial charge is 0.316 e. The molecule has 0 spiro atoms. The van der Waals surface area contributed by atoms with Crippen molar-refractivity contribution in [3.05, 3.63) is 0 Å². The molecule has 2 heteroatoms. The highest BCUT2D eigenvalue weighted by Crippen LogP contribution is 2.39. The van der Waals surface area contributed by atoms with Crippen molar-refractivity contribution in [2.24, 2.45) is 11.3 Å². The van der Waals surface area contributed by atoms with Crippen LogP contribution in [0.1, 0.15) is 47.0 Å². The smallest absolute Gasteiger partial charge is 0.0156 e. The van der Waals surface area contributed by atoms with E-state index in [0.29, 0.717) is 17.5 Å². The van der Waals surface area contributed by atoms with Crippen molar-refractivity contribution in [1.29, 1.82) is 0 Å². The third-order valence-electron chi connectivity index (χ3n) is 4.42. The number of hydrogen-bond acceptors (Lipinski definition) is 2. The van der Waals surface area contributed by atoms with E-state index in [-0.39, 0.29) is 0 Å². The molecule has 1 rings (SSSR count). The molecule has 2 unspecified atom stereocenters. The standard InChI is InChI=1S/C14H30N2/c1-11(2)16(6)10-12-8-7-9-14(3,4)13(12)15-5/h11-13,15H,7-10H2,1-6H3. The Hall–Kier alpha value is -0.0800. The van der Waals surface area contributed by atoms with Gasteiger partial charge in [-0.25, -0.2) is 0 Å². The van der Waals surface area contributed by atoms with Gasteiger partial charge in [-0.3, -0.25) is 0 Å². The van der Waals surface area contributed by atoms with Gasteiger partial charge in [-0.05, 0) is 52.1 Å². The van der Waals surface area contributed by atoms with Crippen LogP contribution >= 0.6 is 0 Å². The van der Waals surface area contributed by atoms with Crippen molar-refractivity contribution in [2.75, 3.05) is 20.6 Å². The van der Waals surface area contributed by atoms with Gasteiger partial charge in [0.1, 0.15) is 0 Å². The van der Waals surface area contributed by atoms with Crippen LogP contribution in [-0.2, 0) is 0 Å². The van der Waals surface area contributed by atoms with Gasteiger partial charge in [-0.1, -0.05) is 20.3 Å². The average molecular weight is 226 g/mol.